The van der Waals surface area contributed by atoms with Gasteiger partial charge in [0.2, 0.25) is 0 Å². The zero-order valence-corrected chi connectivity index (χ0v) is 10.2. The van der Waals surface area contributed by atoms with E-state index in [1.165, 1.54) is 14.2 Å². The third kappa shape index (κ3) is 5.85. The molecule has 0 atom stereocenters. The van der Waals surface area contributed by atoms with Gasteiger partial charge in [-0.15, -0.1) is 0 Å². The van der Waals surface area contributed by atoms with Crippen LogP contribution in [0.4, 0.5) is 0 Å². The van der Waals surface area contributed by atoms with E-state index in [1.807, 2.05) is 0 Å². The first kappa shape index (κ1) is 15.1. The molecule has 0 rings (SSSR count). The fourth-order valence-corrected chi connectivity index (χ4v) is 1.72. The summed E-state index contributed by atoms with van der Waals surface area (Å²) < 4.78 is 31.2. The molecule has 8 nitrogen and oxygen atoms in total. The lowest BCUT2D eigenvalue weighted by atomic mass is 10.4. The molecule has 9 heteroatoms. The van der Waals surface area contributed by atoms with E-state index in [0.29, 0.717) is 6.61 Å². The topological polar surface area (TPSA) is 117 Å². The monoisotopic (exact) mass is 254 g/mol. The molecule has 96 valence electrons. The van der Waals surface area contributed by atoms with Gasteiger partial charge < -0.3 is 15.7 Å². The predicted octanol–water partition coefficient (Wildman–Crippen LogP) is -1.46. The number of hydrogen-bond acceptors (Lipinski definition) is 5. The summed E-state index contributed by atoms with van der Waals surface area (Å²) in [4.78, 5) is 0. The molecule has 0 aliphatic rings. The SMILES string of the molecule is COCCNS(=O)(=O)N(C)CCC(N)=NO. The molecule has 0 radical (unpaired) electrons. The van der Waals surface area contributed by atoms with Gasteiger partial charge in [-0.2, -0.15) is 17.4 Å². The van der Waals surface area contributed by atoms with Crippen molar-refractivity contribution in [2.75, 3.05) is 33.9 Å². The molecule has 0 aromatic rings. The lowest BCUT2D eigenvalue weighted by Gasteiger charge is -2.16. The van der Waals surface area contributed by atoms with E-state index in [-0.39, 0.29) is 25.3 Å². The van der Waals surface area contributed by atoms with Gasteiger partial charge in [0.05, 0.1) is 6.61 Å². The number of ether oxygens (including phenoxy) is 1. The molecule has 0 aromatic carbocycles. The maximum Gasteiger partial charge on any atom is 0.279 e. The van der Waals surface area contributed by atoms with Crippen LogP contribution >= 0.6 is 0 Å². The fraction of sp³-hybridized carbons (Fsp3) is 0.857. The second-order valence-electron chi connectivity index (χ2n) is 3.06. The lowest BCUT2D eigenvalue weighted by Crippen LogP contribution is -2.40. The number of nitrogens with zero attached hydrogens (tertiary/aromatic N) is 2. The third-order valence-electron chi connectivity index (χ3n) is 1.81. The van der Waals surface area contributed by atoms with Gasteiger partial charge in [-0.1, -0.05) is 5.16 Å². The summed E-state index contributed by atoms with van der Waals surface area (Å²) in [5, 5.41) is 11.0. The van der Waals surface area contributed by atoms with Gasteiger partial charge in [0.15, 0.2) is 0 Å². The number of methoxy groups -OCH3 is 1. The van der Waals surface area contributed by atoms with Gasteiger partial charge in [-0.3, -0.25) is 0 Å². The smallest absolute Gasteiger partial charge is 0.279 e. The minimum Gasteiger partial charge on any atom is -0.409 e. The molecule has 0 saturated carbocycles. The Morgan fingerprint density at radius 1 is 1.62 bits per heavy atom. The lowest BCUT2D eigenvalue weighted by molar-refractivity contribution is 0.204. The Balaban J connectivity index is 4.09. The van der Waals surface area contributed by atoms with Crippen LogP contribution in [0.15, 0.2) is 5.16 Å². The zero-order chi connectivity index (χ0) is 12.6. The summed E-state index contributed by atoms with van der Waals surface area (Å²) >= 11 is 0. The molecule has 0 amide bonds. The molecule has 0 heterocycles. The van der Waals surface area contributed by atoms with E-state index < -0.39 is 10.2 Å². The van der Waals surface area contributed by atoms with E-state index >= 15 is 0 Å². The molecule has 0 spiro atoms. The van der Waals surface area contributed by atoms with Crippen molar-refractivity contribution in [2.24, 2.45) is 10.9 Å². The molecule has 0 saturated heterocycles. The number of nitrogens with two attached hydrogens (primary N) is 1. The molecule has 0 unspecified atom stereocenters. The van der Waals surface area contributed by atoms with Crippen molar-refractivity contribution in [2.45, 2.75) is 6.42 Å². The number of rotatable bonds is 8. The van der Waals surface area contributed by atoms with E-state index in [4.69, 9.17) is 15.7 Å². The van der Waals surface area contributed by atoms with Crippen LogP contribution < -0.4 is 10.5 Å². The second kappa shape index (κ2) is 7.39. The van der Waals surface area contributed by atoms with Crippen molar-refractivity contribution < 1.29 is 18.4 Å². The highest BCUT2D eigenvalue weighted by Crippen LogP contribution is 1.95. The molecule has 16 heavy (non-hydrogen) atoms. The van der Waals surface area contributed by atoms with Crippen LogP contribution in [0.1, 0.15) is 6.42 Å². The van der Waals surface area contributed by atoms with Crippen LogP contribution in [-0.2, 0) is 14.9 Å². The summed E-state index contributed by atoms with van der Waals surface area (Å²) in [6.07, 6.45) is 0.165. The number of amidine groups is 1. The highest BCUT2D eigenvalue weighted by Gasteiger charge is 2.16. The Kier molecular flexibility index (Phi) is 6.97. The van der Waals surface area contributed by atoms with Crippen LogP contribution in [0.3, 0.4) is 0 Å². The summed E-state index contributed by atoms with van der Waals surface area (Å²) in [5.74, 6) is -0.0149. The summed E-state index contributed by atoms with van der Waals surface area (Å²) in [7, 11) is -0.640. The summed E-state index contributed by atoms with van der Waals surface area (Å²) in [6, 6.07) is 0. The van der Waals surface area contributed by atoms with Crippen molar-refractivity contribution >= 4 is 16.0 Å². The maximum atomic E-state index is 11.5. The van der Waals surface area contributed by atoms with E-state index in [9.17, 15) is 8.42 Å². The van der Waals surface area contributed by atoms with Gasteiger partial charge in [0.1, 0.15) is 5.84 Å². The number of oxime groups is 1. The highest BCUT2D eigenvalue weighted by atomic mass is 32.2. The minimum atomic E-state index is -3.53. The first-order valence-corrected chi connectivity index (χ1v) is 6.04. The van der Waals surface area contributed by atoms with E-state index in [2.05, 4.69) is 9.88 Å². The molecule has 4 N–H and O–H groups in total. The van der Waals surface area contributed by atoms with Gasteiger partial charge in [-0.05, 0) is 0 Å². The Labute approximate surface area is 95.2 Å². The standard InChI is InChI=1S/C7H18N4O4S/c1-11(5-3-7(8)10-12)16(13,14)9-4-6-15-2/h9,12H,3-6H2,1-2H3,(H2,8,10). The van der Waals surface area contributed by atoms with Crippen molar-refractivity contribution in [1.82, 2.24) is 9.03 Å². The maximum absolute atomic E-state index is 11.5. The average Bonchev–Trinajstić information content (AvgIpc) is 2.25. The predicted molar refractivity (Wildman–Crippen MR) is 59.5 cm³/mol. The molecule has 0 bridgehead atoms. The summed E-state index contributed by atoms with van der Waals surface area (Å²) in [6.45, 7) is 0.637. The Morgan fingerprint density at radius 2 is 2.25 bits per heavy atom. The van der Waals surface area contributed by atoms with Crippen molar-refractivity contribution in [3.8, 4) is 0 Å². The molecule has 0 aromatic heterocycles. The Morgan fingerprint density at radius 3 is 2.75 bits per heavy atom. The zero-order valence-electron chi connectivity index (χ0n) is 9.38. The van der Waals surface area contributed by atoms with Crippen LogP contribution in [0.5, 0.6) is 0 Å². The number of hydrogen-bond donors (Lipinski definition) is 3. The van der Waals surface area contributed by atoms with Gasteiger partial charge in [0.25, 0.3) is 10.2 Å². The van der Waals surface area contributed by atoms with Crippen molar-refractivity contribution in [3.05, 3.63) is 0 Å². The first-order valence-electron chi connectivity index (χ1n) is 4.60. The van der Waals surface area contributed by atoms with Crippen LogP contribution in [0.2, 0.25) is 0 Å². The van der Waals surface area contributed by atoms with Crippen molar-refractivity contribution in [3.63, 3.8) is 0 Å². The summed E-state index contributed by atoms with van der Waals surface area (Å²) in [5.41, 5.74) is 5.22. The van der Waals surface area contributed by atoms with Crippen LogP contribution in [-0.4, -0.2) is 57.6 Å². The molecule has 0 aliphatic heterocycles. The number of nitrogens with one attached hydrogen (secondary N) is 1. The minimum absolute atomic E-state index is 0.0149. The quantitative estimate of drug-likeness (QED) is 0.161. The molecule has 0 aliphatic carbocycles. The average molecular weight is 254 g/mol. The first-order chi connectivity index (χ1) is 7.44. The van der Waals surface area contributed by atoms with Gasteiger partial charge in [-0.25, -0.2) is 0 Å². The van der Waals surface area contributed by atoms with Gasteiger partial charge in [0, 0.05) is 33.7 Å². The Bertz CT molecular complexity index is 316. The van der Waals surface area contributed by atoms with E-state index in [1.54, 1.807) is 0 Å². The third-order valence-corrected chi connectivity index (χ3v) is 3.38. The fourth-order valence-electron chi connectivity index (χ4n) is 0.825. The molecular weight excluding hydrogens is 236 g/mol. The molecule has 0 fully saturated rings. The molecular formula is C7H18N4O4S. The van der Waals surface area contributed by atoms with Crippen LogP contribution in [0.25, 0.3) is 0 Å². The largest absolute Gasteiger partial charge is 0.409 e. The van der Waals surface area contributed by atoms with E-state index in [0.717, 1.165) is 4.31 Å². The second-order valence-corrected chi connectivity index (χ2v) is 4.92. The van der Waals surface area contributed by atoms with Gasteiger partial charge >= 0.3 is 0 Å². The Hall–Kier alpha value is -0.900. The van der Waals surface area contributed by atoms with Crippen LogP contribution in [0, 0.1) is 0 Å². The van der Waals surface area contributed by atoms with Crippen molar-refractivity contribution in [1.29, 1.82) is 0 Å². The highest BCUT2D eigenvalue weighted by molar-refractivity contribution is 7.87. The normalized spacial score (nSPS) is 13.3.